The van der Waals surface area contributed by atoms with Gasteiger partial charge in [-0.1, -0.05) is 6.92 Å². The molecule has 3 amide bonds. The summed E-state index contributed by atoms with van der Waals surface area (Å²) in [6, 6.07) is 4.20. The van der Waals surface area contributed by atoms with Gasteiger partial charge in [0.2, 0.25) is 5.91 Å². The van der Waals surface area contributed by atoms with E-state index in [1.54, 1.807) is 11.1 Å². The zero-order chi connectivity index (χ0) is 21.4. The van der Waals surface area contributed by atoms with E-state index in [9.17, 15) is 9.59 Å². The second kappa shape index (κ2) is 8.59. The van der Waals surface area contributed by atoms with Crippen LogP contribution < -0.4 is 15.5 Å². The molecule has 8 nitrogen and oxygen atoms in total. The number of carbonyl (C=O) groups is 2. The van der Waals surface area contributed by atoms with E-state index in [0.29, 0.717) is 24.9 Å². The number of nitrogens with one attached hydrogen (secondary N) is 2. The Bertz CT molecular complexity index is 966. The summed E-state index contributed by atoms with van der Waals surface area (Å²) in [4.78, 5) is 32.5. The van der Waals surface area contributed by atoms with Crippen LogP contribution in [0.5, 0.6) is 0 Å². The number of carbonyl (C=O) groups excluding carboxylic acids is 2. The average Bonchev–Trinajstić information content (AvgIpc) is 3.18. The molecule has 3 fully saturated rings. The van der Waals surface area contributed by atoms with Gasteiger partial charge in [-0.2, -0.15) is 0 Å². The number of aromatic nitrogens is 2. The fourth-order valence-electron chi connectivity index (χ4n) is 5.59. The van der Waals surface area contributed by atoms with Crippen molar-refractivity contribution in [1.82, 2.24) is 25.1 Å². The first-order valence-electron chi connectivity index (χ1n) is 11.6. The van der Waals surface area contributed by atoms with E-state index in [2.05, 4.69) is 39.3 Å². The number of anilines is 1. The summed E-state index contributed by atoms with van der Waals surface area (Å²) in [6.45, 7) is 8.58. The lowest BCUT2D eigenvalue weighted by molar-refractivity contribution is -0.120. The fourth-order valence-corrected chi connectivity index (χ4v) is 5.59. The van der Waals surface area contributed by atoms with Crippen LogP contribution in [-0.4, -0.2) is 65.7 Å². The number of hydrogen-bond acceptors (Lipinski definition) is 5. The van der Waals surface area contributed by atoms with E-state index in [1.807, 2.05) is 6.07 Å². The molecule has 1 aliphatic carbocycles. The number of amides is 3. The lowest BCUT2D eigenvalue weighted by Gasteiger charge is -2.38. The molecule has 0 aromatic carbocycles. The Balaban J connectivity index is 1.28. The van der Waals surface area contributed by atoms with Gasteiger partial charge >= 0.3 is 6.03 Å². The van der Waals surface area contributed by atoms with Gasteiger partial charge in [0.15, 0.2) is 0 Å². The SMILES string of the molecule is C[C@H]1C[C@H](CN2CCNCC2)CC[C@H]1n1ccc2cc(N3CCC(=O)NC3=O)cnc21. The standard InChI is InChI=1S/C23H32N6O2/c1-16-12-17(15-27-10-6-24-7-11-27)2-3-20(16)29-8-4-18-13-19(14-25-22(18)29)28-9-5-21(30)26-23(28)31/h4,8,13-14,16-17,20,24H,2-3,5-7,9-12,15H2,1H3,(H,26,30,31)/t16-,17+,20+/m0/s1. The van der Waals surface area contributed by atoms with Crippen molar-refractivity contribution in [3.63, 3.8) is 0 Å². The molecule has 0 bridgehead atoms. The van der Waals surface area contributed by atoms with Gasteiger partial charge in [0.05, 0.1) is 11.9 Å². The maximum absolute atomic E-state index is 12.2. The van der Waals surface area contributed by atoms with Crippen molar-refractivity contribution < 1.29 is 9.59 Å². The Morgan fingerprint density at radius 1 is 1.16 bits per heavy atom. The zero-order valence-electron chi connectivity index (χ0n) is 18.2. The van der Waals surface area contributed by atoms with Gasteiger partial charge in [-0.25, -0.2) is 9.78 Å². The predicted octanol–water partition coefficient (Wildman–Crippen LogP) is 2.37. The van der Waals surface area contributed by atoms with Gasteiger partial charge in [0.25, 0.3) is 0 Å². The van der Waals surface area contributed by atoms with Crippen LogP contribution in [0.4, 0.5) is 10.5 Å². The van der Waals surface area contributed by atoms with Crippen LogP contribution in [0.3, 0.4) is 0 Å². The third-order valence-electron chi connectivity index (χ3n) is 7.22. The molecule has 2 saturated heterocycles. The van der Waals surface area contributed by atoms with Crippen LogP contribution >= 0.6 is 0 Å². The van der Waals surface area contributed by atoms with E-state index in [4.69, 9.17) is 4.98 Å². The van der Waals surface area contributed by atoms with Crippen LogP contribution in [0.25, 0.3) is 11.0 Å². The lowest BCUT2D eigenvalue weighted by atomic mass is 9.78. The van der Waals surface area contributed by atoms with E-state index < -0.39 is 0 Å². The molecule has 0 radical (unpaired) electrons. The highest BCUT2D eigenvalue weighted by Crippen LogP contribution is 2.39. The van der Waals surface area contributed by atoms with Crippen molar-refractivity contribution in [2.75, 3.05) is 44.2 Å². The Labute approximate surface area is 183 Å². The first-order chi connectivity index (χ1) is 15.1. The lowest BCUT2D eigenvalue weighted by Crippen LogP contribution is -2.49. The number of pyridine rings is 1. The number of piperazine rings is 1. The molecule has 2 aromatic rings. The summed E-state index contributed by atoms with van der Waals surface area (Å²) in [5.41, 5.74) is 1.72. The summed E-state index contributed by atoms with van der Waals surface area (Å²) in [7, 11) is 0. The molecule has 166 valence electrons. The molecular weight excluding hydrogens is 392 g/mol. The summed E-state index contributed by atoms with van der Waals surface area (Å²) >= 11 is 0. The molecule has 4 heterocycles. The Hall–Kier alpha value is -2.45. The number of fused-ring (bicyclic) bond motifs is 1. The average molecular weight is 425 g/mol. The predicted molar refractivity (Wildman–Crippen MR) is 120 cm³/mol. The normalized spacial score (nSPS) is 28.2. The maximum Gasteiger partial charge on any atom is 0.328 e. The van der Waals surface area contributed by atoms with Crippen LogP contribution in [0.2, 0.25) is 0 Å². The van der Waals surface area contributed by atoms with Crippen LogP contribution in [0.15, 0.2) is 24.5 Å². The van der Waals surface area contributed by atoms with Gasteiger partial charge in [-0.15, -0.1) is 0 Å². The smallest absolute Gasteiger partial charge is 0.328 e. The Morgan fingerprint density at radius 3 is 2.77 bits per heavy atom. The fraction of sp³-hybridized carbons (Fsp3) is 0.609. The highest BCUT2D eigenvalue weighted by molar-refractivity contribution is 6.06. The zero-order valence-corrected chi connectivity index (χ0v) is 18.2. The molecule has 2 aliphatic heterocycles. The topological polar surface area (TPSA) is 82.5 Å². The van der Waals surface area contributed by atoms with Crippen LogP contribution in [0.1, 0.15) is 38.6 Å². The van der Waals surface area contributed by atoms with Crippen molar-refractivity contribution in [3.8, 4) is 0 Å². The third-order valence-corrected chi connectivity index (χ3v) is 7.22. The Kier molecular flexibility index (Phi) is 5.67. The molecule has 3 atom stereocenters. The summed E-state index contributed by atoms with van der Waals surface area (Å²) in [6.07, 6.45) is 7.93. The molecule has 5 rings (SSSR count). The maximum atomic E-state index is 12.2. The van der Waals surface area contributed by atoms with Crippen molar-refractivity contribution in [2.45, 2.75) is 38.6 Å². The molecule has 0 unspecified atom stereocenters. The number of hydrogen-bond donors (Lipinski definition) is 2. The number of nitrogens with zero attached hydrogens (tertiary/aromatic N) is 4. The van der Waals surface area contributed by atoms with Crippen molar-refractivity contribution in [2.24, 2.45) is 11.8 Å². The molecule has 1 saturated carbocycles. The highest BCUT2D eigenvalue weighted by Gasteiger charge is 2.31. The number of rotatable bonds is 4. The van der Waals surface area contributed by atoms with Gasteiger partial charge in [0.1, 0.15) is 5.65 Å². The van der Waals surface area contributed by atoms with Crippen LogP contribution in [-0.2, 0) is 4.79 Å². The third kappa shape index (κ3) is 4.19. The molecule has 2 N–H and O–H groups in total. The summed E-state index contributed by atoms with van der Waals surface area (Å²) in [5, 5.41) is 6.86. The van der Waals surface area contributed by atoms with Gasteiger partial charge in [0, 0.05) is 63.3 Å². The van der Waals surface area contributed by atoms with Crippen molar-refractivity contribution in [1.29, 1.82) is 0 Å². The minimum atomic E-state index is -0.367. The van der Waals surface area contributed by atoms with E-state index in [0.717, 1.165) is 35.7 Å². The summed E-state index contributed by atoms with van der Waals surface area (Å²) < 4.78 is 2.34. The van der Waals surface area contributed by atoms with Crippen molar-refractivity contribution >= 4 is 28.7 Å². The van der Waals surface area contributed by atoms with Crippen molar-refractivity contribution in [3.05, 3.63) is 24.5 Å². The Morgan fingerprint density at radius 2 is 2.00 bits per heavy atom. The second-order valence-corrected chi connectivity index (χ2v) is 9.36. The largest absolute Gasteiger partial charge is 0.329 e. The molecular formula is C23H32N6O2. The first kappa shape index (κ1) is 20.5. The minimum absolute atomic E-state index is 0.219. The van der Waals surface area contributed by atoms with E-state index in [1.165, 1.54) is 38.9 Å². The molecule has 2 aromatic heterocycles. The molecule has 31 heavy (non-hydrogen) atoms. The van der Waals surface area contributed by atoms with Gasteiger partial charge < -0.3 is 14.8 Å². The van der Waals surface area contributed by atoms with Gasteiger partial charge in [-0.3, -0.25) is 15.0 Å². The highest BCUT2D eigenvalue weighted by atomic mass is 16.2. The second-order valence-electron chi connectivity index (χ2n) is 9.36. The monoisotopic (exact) mass is 424 g/mol. The van der Waals surface area contributed by atoms with E-state index >= 15 is 0 Å². The molecule has 0 spiro atoms. The number of urea groups is 1. The minimum Gasteiger partial charge on any atom is -0.329 e. The van der Waals surface area contributed by atoms with Gasteiger partial charge in [-0.05, 0) is 43.2 Å². The first-order valence-corrected chi connectivity index (χ1v) is 11.6. The van der Waals surface area contributed by atoms with Crippen LogP contribution in [0, 0.1) is 11.8 Å². The quantitative estimate of drug-likeness (QED) is 0.787. The molecule has 8 heteroatoms. The molecule has 3 aliphatic rings. The summed E-state index contributed by atoms with van der Waals surface area (Å²) in [5.74, 6) is 1.17. The number of imide groups is 1. The van der Waals surface area contributed by atoms with E-state index in [-0.39, 0.29) is 11.9 Å².